The molecule has 3 aromatic rings. The Bertz CT molecular complexity index is 784. The topological polar surface area (TPSA) is 75.1 Å². The van der Waals surface area contributed by atoms with Gasteiger partial charge in [-0.05, 0) is 18.2 Å². The molecule has 3 rings (SSSR count). The lowest BCUT2D eigenvalue weighted by atomic mass is 10.2. The zero-order valence-corrected chi connectivity index (χ0v) is 12.3. The Kier molecular flexibility index (Phi) is 3.56. The summed E-state index contributed by atoms with van der Waals surface area (Å²) < 4.78 is 8.38. The molecule has 0 aliphatic carbocycles. The molecule has 1 aromatic carbocycles. The molecular weight excluding hydrogens is 318 g/mol. The van der Waals surface area contributed by atoms with E-state index in [0.717, 1.165) is 33.3 Å². The molecule has 2 heterocycles. The predicted octanol–water partition coefficient (Wildman–Crippen LogP) is 3.72. The van der Waals surface area contributed by atoms with Gasteiger partial charge in [-0.2, -0.15) is 8.75 Å². The summed E-state index contributed by atoms with van der Waals surface area (Å²) in [6.07, 6.45) is 0. The smallest absolute Gasteiger partial charge is 0.336 e. The Balaban J connectivity index is 1.84. The summed E-state index contributed by atoms with van der Waals surface area (Å²) in [5, 5.41) is 14.3. The van der Waals surface area contributed by atoms with Crippen LogP contribution in [0.25, 0.3) is 11.0 Å². The summed E-state index contributed by atoms with van der Waals surface area (Å²) in [7, 11) is 0. The standard InChI is InChI=1S/C12H8ClN3O2S2/c13-8-1-2-9-11(16-20-15-9)10(8)14-4-7-3-6(5-19-7)12(17)18/h1-3,5,14H,4H2,(H,17,18). The van der Waals surface area contributed by atoms with Gasteiger partial charge in [0.25, 0.3) is 0 Å². The lowest BCUT2D eigenvalue weighted by Crippen LogP contribution is -1.99. The van der Waals surface area contributed by atoms with Crippen molar-refractivity contribution in [2.45, 2.75) is 6.54 Å². The van der Waals surface area contributed by atoms with Gasteiger partial charge in [-0.3, -0.25) is 0 Å². The van der Waals surface area contributed by atoms with Crippen LogP contribution < -0.4 is 5.32 Å². The molecular formula is C12H8ClN3O2S2. The Morgan fingerprint density at radius 2 is 2.25 bits per heavy atom. The zero-order valence-electron chi connectivity index (χ0n) is 9.96. The molecule has 0 radical (unpaired) electrons. The number of rotatable bonds is 4. The van der Waals surface area contributed by atoms with Crippen molar-refractivity contribution in [3.05, 3.63) is 39.0 Å². The van der Waals surface area contributed by atoms with Crippen LogP contribution >= 0.6 is 34.7 Å². The molecule has 2 N–H and O–H groups in total. The van der Waals surface area contributed by atoms with E-state index in [4.69, 9.17) is 16.7 Å². The largest absolute Gasteiger partial charge is 0.478 e. The molecule has 0 saturated heterocycles. The van der Waals surface area contributed by atoms with Crippen LogP contribution in [0.1, 0.15) is 15.2 Å². The first-order valence-electron chi connectivity index (χ1n) is 5.60. The maximum absolute atomic E-state index is 10.8. The lowest BCUT2D eigenvalue weighted by molar-refractivity contribution is 0.0697. The van der Waals surface area contributed by atoms with Crippen molar-refractivity contribution in [1.82, 2.24) is 8.75 Å². The number of aromatic nitrogens is 2. The zero-order chi connectivity index (χ0) is 14.1. The van der Waals surface area contributed by atoms with Gasteiger partial charge in [-0.1, -0.05) is 11.6 Å². The second-order valence-electron chi connectivity index (χ2n) is 4.01. The number of carboxylic acids is 1. The minimum atomic E-state index is -0.920. The van der Waals surface area contributed by atoms with Crippen molar-refractivity contribution in [2.24, 2.45) is 0 Å². The number of nitrogens with zero attached hydrogens (tertiary/aromatic N) is 2. The van der Waals surface area contributed by atoms with Gasteiger partial charge in [0.15, 0.2) is 0 Å². The van der Waals surface area contributed by atoms with Gasteiger partial charge in [0.1, 0.15) is 11.0 Å². The van der Waals surface area contributed by atoms with Gasteiger partial charge in [0, 0.05) is 16.8 Å². The number of hydrogen-bond acceptors (Lipinski definition) is 6. The molecule has 0 saturated carbocycles. The molecule has 8 heteroatoms. The number of anilines is 1. The van der Waals surface area contributed by atoms with Crippen LogP contribution in [0, 0.1) is 0 Å². The molecule has 2 aromatic heterocycles. The van der Waals surface area contributed by atoms with Crippen LogP contribution in [-0.4, -0.2) is 19.8 Å². The van der Waals surface area contributed by atoms with E-state index in [1.54, 1.807) is 17.5 Å². The van der Waals surface area contributed by atoms with Gasteiger partial charge in [0.2, 0.25) is 0 Å². The van der Waals surface area contributed by atoms with Crippen LogP contribution in [0.3, 0.4) is 0 Å². The average molecular weight is 326 g/mol. The fourth-order valence-electron chi connectivity index (χ4n) is 1.76. The van der Waals surface area contributed by atoms with Crippen LogP contribution in [0.2, 0.25) is 5.02 Å². The number of carboxylic acid groups (broad SMARTS) is 1. The average Bonchev–Trinajstić information content (AvgIpc) is 3.05. The van der Waals surface area contributed by atoms with Crippen LogP contribution in [0.5, 0.6) is 0 Å². The van der Waals surface area contributed by atoms with Crippen molar-refractivity contribution in [1.29, 1.82) is 0 Å². The summed E-state index contributed by atoms with van der Waals surface area (Å²) in [5.41, 5.74) is 2.55. The third-order valence-corrected chi connectivity index (χ3v) is 4.51. The highest BCUT2D eigenvalue weighted by Gasteiger charge is 2.11. The monoisotopic (exact) mass is 325 g/mol. The maximum atomic E-state index is 10.8. The quantitative estimate of drug-likeness (QED) is 0.764. The maximum Gasteiger partial charge on any atom is 0.336 e. The second kappa shape index (κ2) is 5.35. The minimum Gasteiger partial charge on any atom is -0.478 e. The summed E-state index contributed by atoms with van der Waals surface area (Å²) in [6, 6.07) is 5.23. The Morgan fingerprint density at radius 3 is 3.00 bits per heavy atom. The number of hydrogen-bond donors (Lipinski definition) is 2. The van der Waals surface area contributed by atoms with Crippen molar-refractivity contribution >= 4 is 57.4 Å². The number of carbonyl (C=O) groups is 1. The Labute approximate surface area is 127 Å². The highest BCUT2D eigenvalue weighted by Crippen LogP contribution is 2.30. The molecule has 5 nitrogen and oxygen atoms in total. The first-order valence-corrected chi connectivity index (χ1v) is 7.59. The molecule has 0 bridgehead atoms. The van der Waals surface area contributed by atoms with E-state index < -0.39 is 5.97 Å². The third-order valence-electron chi connectivity index (χ3n) is 2.72. The third kappa shape index (κ3) is 2.47. The number of thiophene rings is 1. The highest BCUT2D eigenvalue weighted by molar-refractivity contribution is 7.10. The molecule has 0 atom stereocenters. The lowest BCUT2D eigenvalue weighted by Gasteiger charge is -2.07. The molecule has 0 aliphatic rings. The van der Waals surface area contributed by atoms with Crippen LogP contribution in [-0.2, 0) is 6.54 Å². The highest BCUT2D eigenvalue weighted by atomic mass is 35.5. The molecule has 0 fully saturated rings. The van der Waals surface area contributed by atoms with Crippen LogP contribution in [0.15, 0.2) is 23.6 Å². The van der Waals surface area contributed by atoms with Gasteiger partial charge in [-0.15, -0.1) is 11.3 Å². The van der Waals surface area contributed by atoms with Gasteiger partial charge in [0.05, 0.1) is 28.0 Å². The number of halogens is 1. The molecule has 0 spiro atoms. The Hall–Kier alpha value is -1.70. The summed E-state index contributed by atoms with van der Waals surface area (Å²) in [5.74, 6) is -0.920. The fourth-order valence-corrected chi connectivity index (χ4v) is 3.32. The molecule has 0 amide bonds. The predicted molar refractivity (Wildman–Crippen MR) is 81.0 cm³/mol. The molecule has 102 valence electrons. The van der Waals surface area contributed by atoms with Crippen molar-refractivity contribution < 1.29 is 9.90 Å². The Morgan fingerprint density at radius 1 is 1.40 bits per heavy atom. The first kappa shape index (κ1) is 13.3. The van der Waals surface area contributed by atoms with Crippen molar-refractivity contribution in [2.75, 3.05) is 5.32 Å². The summed E-state index contributed by atoms with van der Waals surface area (Å²) in [4.78, 5) is 11.7. The number of fused-ring (bicyclic) bond motifs is 1. The van der Waals surface area contributed by atoms with E-state index >= 15 is 0 Å². The number of nitrogens with one attached hydrogen (secondary N) is 1. The first-order chi connectivity index (χ1) is 9.65. The van der Waals surface area contributed by atoms with E-state index in [9.17, 15) is 4.79 Å². The summed E-state index contributed by atoms with van der Waals surface area (Å²) in [6.45, 7) is 0.494. The molecule has 0 unspecified atom stereocenters. The fraction of sp³-hybridized carbons (Fsp3) is 0.0833. The SMILES string of the molecule is O=C(O)c1csc(CNc2c(Cl)ccc3nsnc23)c1. The number of aromatic carboxylic acids is 1. The molecule has 0 aliphatic heterocycles. The van der Waals surface area contributed by atoms with Gasteiger partial charge >= 0.3 is 5.97 Å². The van der Waals surface area contributed by atoms with Crippen molar-refractivity contribution in [3.63, 3.8) is 0 Å². The van der Waals surface area contributed by atoms with Gasteiger partial charge < -0.3 is 10.4 Å². The van der Waals surface area contributed by atoms with Crippen LogP contribution in [0.4, 0.5) is 5.69 Å². The van der Waals surface area contributed by atoms with E-state index in [0.29, 0.717) is 17.1 Å². The normalized spacial score (nSPS) is 10.8. The second-order valence-corrected chi connectivity index (χ2v) is 5.95. The van der Waals surface area contributed by atoms with E-state index in [2.05, 4.69) is 14.1 Å². The van der Waals surface area contributed by atoms with E-state index in [1.165, 1.54) is 11.3 Å². The molecule has 20 heavy (non-hydrogen) atoms. The van der Waals surface area contributed by atoms with E-state index in [1.807, 2.05) is 6.07 Å². The van der Waals surface area contributed by atoms with Crippen molar-refractivity contribution in [3.8, 4) is 0 Å². The van der Waals surface area contributed by atoms with E-state index in [-0.39, 0.29) is 0 Å². The minimum absolute atomic E-state index is 0.298. The summed E-state index contributed by atoms with van der Waals surface area (Å²) >= 11 is 8.69. The van der Waals surface area contributed by atoms with Gasteiger partial charge in [-0.25, -0.2) is 4.79 Å². The number of benzene rings is 1.